The largest absolute Gasteiger partial charge is 0.480 e. The summed E-state index contributed by atoms with van der Waals surface area (Å²) in [6, 6.07) is 9.22. The number of nitrogens with zero attached hydrogens (tertiary/aromatic N) is 3. The summed E-state index contributed by atoms with van der Waals surface area (Å²) in [5, 5.41) is 11.9. The number of carbonyl (C=O) groups excluding carboxylic acids is 1. The fourth-order valence-electron chi connectivity index (χ4n) is 3.02. The molecule has 1 aliphatic rings. The first kappa shape index (κ1) is 20.5. The summed E-state index contributed by atoms with van der Waals surface area (Å²) in [7, 11) is 0. The number of nitrogens with one attached hydrogen (secondary N) is 1. The number of anilines is 2. The SMILES string of the molecule is Nc1nsc(C#Cc2nc3oc(C4(C(=O)O)CC4)nc3o2)c1NC(=O)OCc1ccccc1. The maximum absolute atomic E-state index is 12.2. The van der Waals surface area contributed by atoms with Crippen molar-refractivity contribution in [2.45, 2.75) is 24.9 Å². The summed E-state index contributed by atoms with van der Waals surface area (Å²) in [4.78, 5) is 32.1. The minimum atomic E-state index is -1.09. The van der Waals surface area contributed by atoms with Crippen molar-refractivity contribution < 1.29 is 28.3 Å². The van der Waals surface area contributed by atoms with Crippen molar-refractivity contribution in [1.29, 1.82) is 0 Å². The molecule has 1 fully saturated rings. The number of carbonyl (C=O) groups is 2. The molecule has 0 saturated heterocycles. The van der Waals surface area contributed by atoms with E-state index < -0.39 is 17.5 Å². The molecule has 11 nitrogen and oxygen atoms in total. The third kappa shape index (κ3) is 3.97. The summed E-state index contributed by atoms with van der Waals surface area (Å²) in [6.45, 7) is 0.0959. The van der Waals surface area contributed by atoms with Crippen LogP contribution in [0.25, 0.3) is 11.4 Å². The zero-order valence-corrected chi connectivity index (χ0v) is 17.6. The number of ether oxygens (including phenoxy) is 1. The molecule has 12 heteroatoms. The van der Waals surface area contributed by atoms with E-state index in [1.54, 1.807) is 0 Å². The van der Waals surface area contributed by atoms with E-state index in [-0.39, 0.29) is 41.3 Å². The van der Waals surface area contributed by atoms with Gasteiger partial charge in [0.05, 0.1) is 0 Å². The lowest BCUT2D eigenvalue weighted by molar-refractivity contribution is -0.140. The van der Waals surface area contributed by atoms with Crippen LogP contribution in [0.4, 0.5) is 16.3 Å². The molecule has 3 heterocycles. The van der Waals surface area contributed by atoms with Gasteiger partial charge in [-0.2, -0.15) is 14.3 Å². The summed E-state index contributed by atoms with van der Waals surface area (Å²) in [5.41, 5.74) is 5.94. The Labute approximate surface area is 189 Å². The predicted molar refractivity (Wildman–Crippen MR) is 115 cm³/mol. The summed E-state index contributed by atoms with van der Waals surface area (Å²) in [5.74, 6) is 4.68. The van der Waals surface area contributed by atoms with Crippen molar-refractivity contribution in [2.24, 2.45) is 0 Å². The van der Waals surface area contributed by atoms with Gasteiger partial charge in [0, 0.05) is 0 Å². The molecule has 4 aromatic rings. The predicted octanol–water partition coefficient (Wildman–Crippen LogP) is 3.12. The number of fused-ring (bicyclic) bond motifs is 1. The number of nitrogens with two attached hydrogens (primary N) is 1. The van der Waals surface area contributed by atoms with E-state index in [9.17, 15) is 14.7 Å². The minimum absolute atomic E-state index is 0.00699. The number of hydrogen-bond acceptors (Lipinski definition) is 10. The zero-order valence-electron chi connectivity index (χ0n) is 16.8. The van der Waals surface area contributed by atoms with Gasteiger partial charge in [-0.25, -0.2) is 4.79 Å². The molecule has 0 unspecified atom stereocenters. The Morgan fingerprint density at radius 1 is 1.18 bits per heavy atom. The third-order valence-corrected chi connectivity index (χ3v) is 5.76. The van der Waals surface area contributed by atoms with Gasteiger partial charge in [-0.1, -0.05) is 30.3 Å². The van der Waals surface area contributed by atoms with Gasteiger partial charge in [-0.15, -0.1) is 0 Å². The van der Waals surface area contributed by atoms with E-state index in [2.05, 4.69) is 31.5 Å². The number of hydrogen-bond donors (Lipinski definition) is 3. The van der Waals surface area contributed by atoms with E-state index in [4.69, 9.17) is 19.3 Å². The maximum atomic E-state index is 12.2. The number of carboxylic acid groups (broad SMARTS) is 1. The van der Waals surface area contributed by atoms with Gasteiger partial charge in [0.15, 0.2) is 5.82 Å². The van der Waals surface area contributed by atoms with Crippen LogP contribution in [-0.2, 0) is 21.6 Å². The first-order chi connectivity index (χ1) is 15.9. The van der Waals surface area contributed by atoms with Gasteiger partial charge in [-0.05, 0) is 41.8 Å². The molecule has 1 aliphatic carbocycles. The van der Waals surface area contributed by atoms with Crippen molar-refractivity contribution in [3.63, 3.8) is 0 Å². The summed E-state index contributed by atoms with van der Waals surface area (Å²) < 4.78 is 20.1. The Morgan fingerprint density at radius 2 is 1.94 bits per heavy atom. The van der Waals surface area contributed by atoms with E-state index in [0.29, 0.717) is 17.7 Å². The maximum Gasteiger partial charge on any atom is 0.412 e. The van der Waals surface area contributed by atoms with Crippen molar-refractivity contribution in [3.8, 4) is 11.8 Å². The Hall–Kier alpha value is -4.37. The molecule has 0 aliphatic heterocycles. The number of aliphatic carboxylic acids is 1. The van der Waals surface area contributed by atoms with Crippen molar-refractivity contribution in [1.82, 2.24) is 14.3 Å². The van der Waals surface area contributed by atoms with Crippen molar-refractivity contribution >= 4 is 46.5 Å². The number of rotatable bonds is 5. The molecule has 1 amide bonds. The highest BCUT2D eigenvalue weighted by Gasteiger charge is 2.56. The lowest BCUT2D eigenvalue weighted by Gasteiger charge is -2.06. The van der Waals surface area contributed by atoms with Crippen LogP contribution in [0.1, 0.15) is 35.1 Å². The second-order valence-corrected chi connectivity index (χ2v) is 8.02. The Morgan fingerprint density at radius 3 is 2.64 bits per heavy atom. The molecule has 0 bridgehead atoms. The molecule has 1 saturated carbocycles. The van der Waals surface area contributed by atoms with Gasteiger partial charge >= 0.3 is 12.1 Å². The number of amides is 1. The van der Waals surface area contributed by atoms with Crippen LogP contribution in [0.2, 0.25) is 0 Å². The number of nitrogen functional groups attached to an aromatic ring is 1. The number of carboxylic acids is 1. The van der Waals surface area contributed by atoms with Crippen LogP contribution in [0.15, 0.2) is 39.2 Å². The molecule has 0 spiro atoms. The number of oxazole rings is 2. The summed E-state index contributed by atoms with van der Waals surface area (Å²) >= 11 is 0.985. The smallest absolute Gasteiger partial charge is 0.412 e. The van der Waals surface area contributed by atoms with Gasteiger partial charge in [-0.3, -0.25) is 10.1 Å². The van der Waals surface area contributed by atoms with E-state index >= 15 is 0 Å². The monoisotopic (exact) mass is 465 g/mol. The van der Waals surface area contributed by atoms with Crippen LogP contribution in [0.3, 0.4) is 0 Å². The molecule has 166 valence electrons. The van der Waals surface area contributed by atoms with E-state index in [0.717, 1.165) is 17.1 Å². The van der Waals surface area contributed by atoms with Crippen molar-refractivity contribution in [2.75, 3.05) is 11.1 Å². The topological polar surface area (TPSA) is 167 Å². The second kappa shape index (κ2) is 7.95. The third-order valence-electron chi connectivity index (χ3n) is 4.99. The standard InChI is InChI=1S/C21H15N5O6S/c22-15-14(24-20(29)30-10-11-4-2-1-3-5-11)12(33-26-15)6-7-13-23-16-17(31-13)25-18(32-16)21(8-9-21)19(27)28/h1-5H,8-10H2,(H2,22,26)(H,24,29)(H,27,28). The highest BCUT2D eigenvalue weighted by Crippen LogP contribution is 2.48. The normalized spacial score (nSPS) is 13.8. The van der Waals surface area contributed by atoms with Crippen LogP contribution in [0, 0.1) is 11.8 Å². The molecule has 3 aromatic heterocycles. The van der Waals surface area contributed by atoms with Gasteiger partial charge in [0.25, 0.3) is 17.3 Å². The molecule has 33 heavy (non-hydrogen) atoms. The van der Waals surface area contributed by atoms with Crippen LogP contribution in [0.5, 0.6) is 0 Å². The van der Waals surface area contributed by atoms with Crippen LogP contribution >= 0.6 is 11.5 Å². The fraction of sp³-hybridized carbons (Fsp3) is 0.190. The first-order valence-corrected chi connectivity index (χ1v) is 10.5. The highest BCUT2D eigenvalue weighted by molar-refractivity contribution is 7.07. The second-order valence-electron chi connectivity index (χ2n) is 7.24. The zero-order chi connectivity index (χ0) is 23.0. The molecule has 1 aromatic carbocycles. The molecule has 0 atom stereocenters. The quantitative estimate of drug-likeness (QED) is 0.373. The van der Waals surface area contributed by atoms with Gasteiger partial charge in [0.1, 0.15) is 22.6 Å². The average molecular weight is 465 g/mol. The van der Waals surface area contributed by atoms with Crippen molar-refractivity contribution in [3.05, 3.63) is 52.6 Å². The summed E-state index contributed by atoms with van der Waals surface area (Å²) in [6.07, 6.45) is 0.203. The highest BCUT2D eigenvalue weighted by atomic mass is 32.1. The number of aromatic nitrogens is 3. The average Bonchev–Trinajstić information content (AvgIpc) is 3.24. The minimum Gasteiger partial charge on any atom is -0.480 e. The van der Waals surface area contributed by atoms with E-state index in [1.165, 1.54) is 0 Å². The number of benzene rings is 1. The van der Waals surface area contributed by atoms with Gasteiger partial charge in [0.2, 0.25) is 5.89 Å². The Bertz CT molecular complexity index is 1390. The molecule has 5 rings (SSSR count). The molecular weight excluding hydrogens is 450 g/mol. The Kier molecular flexibility index (Phi) is 4.95. The first-order valence-electron chi connectivity index (χ1n) is 9.71. The lowest BCUT2D eigenvalue weighted by Crippen LogP contribution is -2.19. The van der Waals surface area contributed by atoms with Crippen LogP contribution in [-0.4, -0.2) is 31.5 Å². The van der Waals surface area contributed by atoms with Gasteiger partial charge < -0.3 is 24.4 Å². The molecule has 4 N–H and O–H groups in total. The van der Waals surface area contributed by atoms with E-state index in [1.807, 2.05) is 30.3 Å². The fourth-order valence-corrected chi connectivity index (χ4v) is 3.65. The molecular formula is C21H15N5O6S. The Balaban J connectivity index is 1.29. The van der Waals surface area contributed by atoms with Crippen LogP contribution < -0.4 is 11.1 Å². The molecule has 0 radical (unpaired) electrons. The lowest BCUT2D eigenvalue weighted by atomic mass is 10.1.